The third-order valence-electron chi connectivity index (χ3n) is 4.87. The molecule has 0 saturated heterocycles. The molecule has 0 saturated carbocycles. The summed E-state index contributed by atoms with van der Waals surface area (Å²) in [5.74, 6) is -0.160. The minimum Gasteiger partial charge on any atom is -0.466 e. The van der Waals surface area contributed by atoms with Crippen LogP contribution in [-0.4, -0.2) is 19.6 Å². The Kier molecular flexibility index (Phi) is 5.35. The number of anilines is 1. The van der Waals surface area contributed by atoms with Crippen molar-refractivity contribution in [3.63, 3.8) is 0 Å². The van der Waals surface area contributed by atoms with Gasteiger partial charge in [-0.2, -0.15) is 4.57 Å². The largest absolute Gasteiger partial charge is 0.466 e. The third kappa shape index (κ3) is 3.62. The van der Waals surface area contributed by atoms with E-state index >= 15 is 0 Å². The number of carbonyl (C=O) groups is 1. The molecule has 4 rings (SSSR count). The lowest BCUT2D eigenvalue weighted by Gasteiger charge is -2.13. The van der Waals surface area contributed by atoms with Crippen LogP contribution in [0.3, 0.4) is 0 Å². The number of rotatable bonds is 5. The molecular formula is C23H23N2O2S+. The van der Waals surface area contributed by atoms with Crippen LogP contribution >= 0.6 is 11.8 Å². The van der Waals surface area contributed by atoms with Crippen LogP contribution in [0, 0.1) is 0 Å². The number of hydrogen-bond donors (Lipinski definition) is 0. The Morgan fingerprint density at radius 1 is 1.14 bits per heavy atom. The quantitative estimate of drug-likeness (QED) is 0.469. The molecule has 0 bridgehead atoms. The molecule has 1 aliphatic heterocycles. The number of aryl methyl sites for hydroxylation is 1. The van der Waals surface area contributed by atoms with Crippen LogP contribution < -0.4 is 9.47 Å². The first kappa shape index (κ1) is 18.6. The maximum Gasteiger partial charge on any atom is 0.312 e. The van der Waals surface area contributed by atoms with Gasteiger partial charge in [0, 0.05) is 24.1 Å². The summed E-state index contributed by atoms with van der Waals surface area (Å²) >= 11 is 1.79. The molecule has 2 aromatic carbocycles. The van der Waals surface area contributed by atoms with Crippen molar-refractivity contribution in [1.29, 1.82) is 0 Å². The van der Waals surface area contributed by atoms with E-state index < -0.39 is 0 Å². The molecule has 0 spiro atoms. The fourth-order valence-corrected chi connectivity index (χ4v) is 4.56. The summed E-state index contributed by atoms with van der Waals surface area (Å²) in [7, 11) is 2.11. The second-order valence-corrected chi connectivity index (χ2v) is 7.71. The first-order valence-electron chi connectivity index (χ1n) is 9.46. The highest BCUT2D eigenvalue weighted by atomic mass is 32.2. The smallest absolute Gasteiger partial charge is 0.312 e. The molecule has 0 radical (unpaired) electrons. The molecule has 1 aromatic heterocycles. The third-order valence-corrected chi connectivity index (χ3v) is 6.04. The zero-order valence-corrected chi connectivity index (χ0v) is 16.9. The zero-order chi connectivity index (χ0) is 19.5. The molecule has 4 nitrogen and oxygen atoms in total. The van der Waals surface area contributed by atoms with Crippen LogP contribution in [-0.2, 0) is 16.1 Å². The molecule has 0 aliphatic carbocycles. The normalized spacial score (nSPS) is 14.5. The van der Waals surface area contributed by atoms with Gasteiger partial charge in [-0.15, -0.1) is 0 Å². The van der Waals surface area contributed by atoms with Crippen molar-refractivity contribution in [2.75, 3.05) is 18.6 Å². The van der Waals surface area contributed by atoms with Gasteiger partial charge in [-0.1, -0.05) is 36.0 Å². The summed E-state index contributed by atoms with van der Waals surface area (Å²) in [6, 6.07) is 18.9. The molecule has 3 aromatic rings. The second-order valence-electron chi connectivity index (χ2n) is 6.65. The van der Waals surface area contributed by atoms with Gasteiger partial charge in [-0.05, 0) is 36.8 Å². The van der Waals surface area contributed by atoms with E-state index in [4.69, 9.17) is 4.74 Å². The van der Waals surface area contributed by atoms with Crippen LogP contribution in [0.2, 0.25) is 0 Å². The zero-order valence-electron chi connectivity index (χ0n) is 16.1. The topological polar surface area (TPSA) is 33.4 Å². The summed E-state index contributed by atoms with van der Waals surface area (Å²) in [5, 5.41) is 2.38. The van der Waals surface area contributed by atoms with Gasteiger partial charge in [0.1, 0.15) is 6.42 Å². The number of carbonyl (C=O) groups excluding carboxylic acids is 1. The number of esters is 1. The van der Waals surface area contributed by atoms with Crippen molar-refractivity contribution in [3.8, 4) is 0 Å². The first-order valence-corrected chi connectivity index (χ1v) is 10.3. The van der Waals surface area contributed by atoms with E-state index in [1.54, 1.807) is 11.8 Å². The van der Waals surface area contributed by atoms with E-state index in [2.05, 4.69) is 77.3 Å². The average Bonchev–Trinajstić information content (AvgIpc) is 3.03. The number of fused-ring (bicyclic) bond motifs is 2. The van der Waals surface area contributed by atoms with Crippen LogP contribution in [0.25, 0.3) is 17.0 Å². The SMILES string of the molecule is CCOC(=O)CC[n+]1ccc(/C=C2\Sc3ccccc3N2C)c2ccccc21. The summed E-state index contributed by atoms with van der Waals surface area (Å²) < 4.78 is 7.18. The van der Waals surface area contributed by atoms with E-state index in [9.17, 15) is 4.79 Å². The molecule has 28 heavy (non-hydrogen) atoms. The number of para-hydroxylation sites is 2. The fourth-order valence-electron chi connectivity index (χ4n) is 3.45. The predicted molar refractivity (Wildman–Crippen MR) is 114 cm³/mol. The van der Waals surface area contributed by atoms with E-state index in [1.807, 2.05) is 13.0 Å². The van der Waals surface area contributed by atoms with Crippen molar-refractivity contribution in [2.24, 2.45) is 0 Å². The number of nitrogens with zero attached hydrogens (tertiary/aromatic N) is 2. The molecule has 0 fully saturated rings. The van der Waals surface area contributed by atoms with Crippen LogP contribution in [0.4, 0.5) is 5.69 Å². The number of aromatic nitrogens is 1. The van der Waals surface area contributed by atoms with Crippen molar-refractivity contribution in [3.05, 3.63) is 71.4 Å². The molecule has 142 valence electrons. The molecular weight excluding hydrogens is 368 g/mol. The van der Waals surface area contributed by atoms with Crippen molar-refractivity contribution in [2.45, 2.75) is 24.8 Å². The Bertz CT molecular complexity index is 1060. The van der Waals surface area contributed by atoms with Crippen LogP contribution in [0.15, 0.2) is 70.7 Å². The number of pyridine rings is 1. The molecule has 0 unspecified atom stereocenters. The lowest BCUT2D eigenvalue weighted by molar-refractivity contribution is -0.670. The molecule has 2 heterocycles. The highest BCUT2D eigenvalue weighted by Gasteiger charge is 2.22. The van der Waals surface area contributed by atoms with Gasteiger partial charge in [-0.25, -0.2) is 0 Å². The lowest BCUT2D eigenvalue weighted by Crippen LogP contribution is -2.35. The molecule has 5 heteroatoms. The Balaban J connectivity index is 1.66. The Hall–Kier alpha value is -2.79. The molecule has 0 amide bonds. The Morgan fingerprint density at radius 2 is 1.93 bits per heavy atom. The van der Waals surface area contributed by atoms with E-state index in [0.29, 0.717) is 19.6 Å². The Labute approximate surface area is 169 Å². The van der Waals surface area contributed by atoms with Gasteiger partial charge in [0.2, 0.25) is 5.52 Å². The summed E-state index contributed by atoms with van der Waals surface area (Å²) in [5.41, 5.74) is 3.53. The van der Waals surface area contributed by atoms with Gasteiger partial charge in [0.15, 0.2) is 12.7 Å². The summed E-state index contributed by atoms with van der Waals surface area (Å²) in [6.45, 7) is 2.86. The number of ether oxygens (including phenoxy) is 1. The van der Waals surface area contributed by atoms with E-state index in [0.717, 1.165) is 5.52 Å². The fraction of sp³-hybridized carbons (Fsp3) is 0.217. The lowest BCUT2D eigenvalue weighted by atomic mass is 10.1. The van der Waals surface area contributed by atoms with Gasteiger partial charge in [0.25, 0.3) is 0 Å². The van der Waals surface area contributed by atoms with Crippen LogP contribution in [0.5, 0.6) is 0 Å². The minimum atomic E-state index is -0.160. The Morgan fingerprint density at radius 3 is 2.75 bits per heavy atom. The first-order chi connectivity index (χ1) is 13.7. The molecule has 1 aliphatic rings. The van der Waals surface area contributed by atoms with Gasteiger partial charge >= 0.3 is 5.97 Å². The van der Waals surface area contributed by atoms with Gasteiger partial charge < -0.3 is 9.64 Å². The van der Waals surface area contributed by atoms with Crippen molar-refractivity contribution < 1.29 is 14.1 Å². The predicted octanol–water partition coefficient (Wildman–Crippen LogP) is 4.62. The van der Waals surface area contributed by atoms with E-state index in [1.165, 1.54) is 26.6 Å². The van der Waals surface area contributed by atoms with E-state index in [-0.39, 0.29) is 5.97 Å². The summed E-state index contributed by atoms with van der Waals surface area (Å²) in [4.78, 5) is 15.3. The van der Waals surface area contributed by atoms with Gasteiger partial charge in [-0.3, -0.25) is 4.79 Å². The van der Waals surface area contributed by atoms with Gasteiger partial charge in [0.05, 0.1) is 22.7 Å². The minimum absolute atomic E-state index is 0.160. The highest BCUT2D eigenvalue weighted by Crippen LogP contribution is 2.45. The monoisotopic (exact) mass is 391 g/mol. The molecule has 0 N–H and O–H groups in total. The summed E-state index contributed by atoms with van der Waals surface area (Å²) in [6.07, 6.45) is 4.67. The maximum absolute atomic E-state index is 11.7. The van der Waals surface area contributed by atoms with Crippen molar-refractivity contribution in [1.82, 2.24) is 0 Å². The maximum atomic E-state index is 11.7. The number of hydrogen-bond acceptors (Lipinski definition) is 4. The number of thioether (sulfide) groups is 1. The standard InChI is InChI=1S/C23H23N2O2S/c1-3-27-23(26)13-15-25-14-12-17(18-8-4-5-9-19(18)25)16-22-24(2)20-10-6-7-11-21(20)28-22/h4-12,14,16H,3,13,15H2,1-2H3/q+1. The number of benzene rings is 2. The average molecular weight is 392 g/mol. The second kappa shape index (κ2) is 8.07. The van der Waals surface area contributed by atoms with Crippen molar-refractivity contribution >= 4 is 40.4 Å². The molecule has 0 atom stereocenters. The van der Waals surface area contributed by atoms with Crippen LogP contribution in [0.1, 0.15) is 18.9 Å². The highest BCUT2D eigenvalue weighted by molar-refractivity contribution is 8.03.